The van der Waals surface area contributed by atoms with Crippen molar-refractivity contribution in [3.8, 4) is 0 Å². The van der Waals surface area contributed by atoms with Crippen molar-refractivity contribution in [1.29, 1.82) is 0 Å². The fourth-order valence-electron chi connectivity index (χ4n) is 2.88. The van der Waals surface area contributed by atoms with Gasteiger partial charge in [-0.25, -0.2) is 8.42 Å². The van der Waals surface area contributed by atoms with Crippen molar-refractivity contribution in [1.82, 2.24) is 5.32 Å². The van der Waals surface area contributed by atoms with Crippen LogP contribution in [0.4, 0.5) is 18.9 Å². The van der Waals surface area contributed by atoms with Crippen LogP contribution in [0.1, 0.15) is 32.3 Å². The Kier molecular flexibility index (Phi) is 7.76. The largest absolute Gasteiger partial charge is 0.417 e. The van der Waals surface area contributed by atoms with Gasteiger partial charge in [0.1, 0.15) is 6.54 Å². The summed E-state index contributed by atoms with van der Waals surface area (Å²) in [4.78, 5) is 12.3. The molecule has 30 heavy (non-hydrogen) atoms. The van der Waals surface area contributed by atoms with Crippen molar-refractivity contribution in [2.45, 2.75) is 43.8 Å². The van der Waals surface area contributed by atoms with Crippen LogP contribution < -0.4 is 9.62 Å². The third-order valence-corrected chi connectivity index (χ3v) is 6.41. The molecule has 1 amide bonds. The minimum atomic E-state index is -4.78. The van der Waals surface area contributed by atoms with Gasteiger partial charge in [-0.1, -0.05) is 43.1 Å². The fraction of sp³-hybridized carbons (Fsp3) is 0.350. The molecule has 2 rings (SSSR count). The number of hydrogen-bond donors (Lipinski definition) is 1. The van der Waals surface area contributed by atoms with Gasteiger partial charge in [0.25, 0.3) is 10.0 Å². The summed E-state index contributed by atoms with van der Waals surface area (Å²) in [5.41, 5.74) is -1.50. The topological polar surface area (TPSA) is 66.5 Å². The minimum absolute atomic E-state index is 0.150. The SMILES string of the molecule is CCCC(C)NC(=O)CN(c1ccc(Cl)c(C(F)(F)F)c1)S(=O)(=O)c1ccccc1. The number of rotatable bonds is 8. The molecule has 0 saturated heterocycles. The molecule has 0 aliphatic rings. The maximum atomic E-state index is 13.3. The molecule has 0 radical (unpaired) electrons. The number of alkyl halides is 3. The quantitative estimate of drug-likeness (QED) is 0.609. The lowest BCUT2D eigenvalue weighted by Gasteiger charge is -2.26. The van der Waals surface area contributed by atoms with Gasteiger partial charge in [0.05, 0.1) is 21.2 Å². The number of halogens is 4. The zero-order valence-corrected chi connectivity index (χ0v) is 18.0. The van der Waals surface area contributed by atoms with E-state index in [1.54, 1.807) is 13.0 Å². The number of sulfonamides is 1. The first-order chi connectivity index (χ1) is 14.0. The van der Waals surface area contributed by atoms with E-state index in [0.29, 0.717) is 16.8 Å². The molecule has 164 valence electrons. The molecule has 10 heteroatoms. The molecule has 1 unspecified atom stereocenters. The number of nitrogens with zero attached hydrogens (tertiary/aromatic N) is 1. The molecule has 2 aromatic carbocycles. The maximum Gasteiger partial charge on any atom is 0.417 e. The van der Waals surface area contributed by atoms with Crippen molar-refractivity contribution in [3.63, 3.8) is 0 Å². The fourth-order valence-corrected chi connectivity index (χ4v) is 4.54. The standard InChI is InChI=1S/C20H22ClF3N2O3S/c1-3-7-14(2)25-19(27)13-26(30(28,29)16-8-5-4-6-9-16)15-10-11-18(21)17(12-15)20(22,23)24/h4-6,8-12,14H,3,7,13H2,1-2H3,(H,25,27). The molecule has 2 aromatic rings. The highest BCUT2D eigenvalue weighted by Crippen LogP contribution is 2.37. The molecule has 0 fully saturated rings. The predicted molar refractivity (Wildman–Crippen MR) is 110 cm³/mol. The summed E-state index contributed by atoms with van der Waals surface area (Å²) in [6.45, 7) is 3.02. The van der Waals surface area contributed by atoms with E-state index in [2.05, 4.69) is 5.32 Å². The van der Waals surface area contributed by atoms with Gasteiger partial charge >= 0.3 is 6.18 Å². The predicted octanol–water partition coefficient (Wildman–Crippen LogP) is 4.86. The second-order valence-corrected chi connectivity index (χ2v) is 9.01. The minimum Gasteiger partial charge on any atom is -0.352 e. The lowest BCUT2D eigenvalue weighted by molar-refractivity contribution is -0.137. The summed E-state index contributed by atoms with van der Waals surface area (Å²) in [6.07, 6.45) is -3.30. The highest BCUT2D eigenvalue weighted by Gasteiger charge is 2.35. The van der Waals surface area contributed by atoms with E-state index in [4.69, 9.17) is 11.6 Å². The van der Waals surface area contributed by atoms with Crippen LogP contribution in [-0.4, -0.2) is 26.9 Å². The van der Waals surface area contributed by atoms with E-state index in [1.165, 1.54) is 24.3 Å². The van der Waals surface area contributed by atoms with Gasteiger partial charge < -0.3 is 5.32 Å². The number of nitrogens with one attached hydrogen (secondary N) is 1. The highest BCUT2D eigenvalue weighted by atomic mass is 35.5. The van der Waals surface area contributed by atoms with Crippen LogP contribution in [0.25, 0.3) is 0 Å². The molecular weight excluding hydrogens is 441 g/mol. The first-order valence-corrected chi connectivity index (χ1v) is 11.0. The molecule has 1 atom stereocenters. The Hall–Kier alpha value is -2.26. The summed E-state index contributed by atoms with van der Waals surface area (Å²) in [5.74, 6) is -0.626. The number of amides is 1. The monoisotopic (exact) mass is 462 g/mol. The number of carbonyl (C=O) groups is 1. The molecule has 0 bridgehead atoms. The zero-order chi connectivity index (χ0) is 22.5. The van der Waals surface area contributed by atoms with Gasteiger partial charge in [-0.3, -0.25) is 9.10 Å². The van der Waals surface area contributed by atoms with Crippen LogP contribution >= 0.6 is 11.6 Å². The molecule has 5 nitrogen and oxygen atoms in total. The Balaban J connectivity index is 2.51. The van der Waals surface area contributed by atoms with Crippen molar-refractivity contribution in [2.24, 2.45) is 0 Å². The third kappa shape index (κ3) is 5.89. The summed E-state index contributed by atoms with van der Waals surface area (Å²) in [6, 6.07) is 9.71. The van der Waals surface area contributed by atoms with Gasteiger partial charge in [-0.05, 0) is 43.7 Å². The average molecular weight is 463 g/mol. The summed E-state index contributed by atoms with van der Waals surface area (Å²) >= 11 is 5.66. The third-order valence-electron chi connectivity index (χ3n) is 4.29. The molecule has 1 N–H and O–H groups in total. The van der Waals surface area contributed by atoms with E-state index in [1.807, 2.05) is 6.92 Å². The van der Waals surface area contributed by atoms with Crippen LogP contribution in [0.15, 0.2) is 53.4 Å². The second kappa shape index (κ2) is 9.70. The maximum absolute atomic E-state index is 13.3. The Bertz CT molecular complexity index is 983. The first kappa shape index (κ1) is 24.0. The van der Waals surface area contributed by atoms with Gasteiger partial charge in [-0.15, -0.1) is 0 Å². The van der Waals surface area contributed by atoms with Crippen LogP contribution in [0.2, 0.25) is 5.02 Å². The van der Waals surface area contributed by atoms with E-state index >= 15 is 0 Å². The number of benzene rings is 2. The van der Waals surface area contributed by atoms with Gasteiger partial charge in [-0.2, -0.15) is 13.2 Å². The van der Waals surface area contributed by atoms with Crippen LogP contribution in [0, 0.1) is 0 Å². The Morgan fingerprint density at radius 2 is 1.80 bits per heavy atom. The van der Waals surface area contributed by atoms with Crippen LogP contribution in [0.5, 0.6) is 0 Å². The molecule has 0 aliphatic carbocycles. The molecule has 0 heterocycles. The lowest BCUT2D eigenvalue weighted by atomic mass is 10.2. The van der Waals surface area contributed by atoms with Crippen LogP contribution in [0.3, 0.4) is 0 Å². The zero-order valence-electron chi connectivity index (χ0n) is 16.4. The van der Waals surface area contributed by atoms with Crippen molar-refractivity contribution < 1.29 is 26.4 Å². The van der Waals surface area contributed by atoms with E-state index in [0.717, 1.165) is 18.6 Å². The normalized spacial score (nSPS) is 13.0. The molecular formula is C20H22ClF3N2O3S. The van der Waals surface area contributed by atoms with Gasteiger partial charge in [0, 0.05) is 6.04 Å². The van der Waals surface area contributed by atoms with Crippen molar-refractivity contribution >= 4 is 33.2 Å². The summed E-state index contributed by atoms with van der Waals surface area (Å²) < 4.78 is 66.9. The van der Waals surface area contributed by atoms with Crippen molar-refractivity contribution in [2.75, 3.05) is 10.8 Å². The van der Waals surface area contributed by atoms with E-state index < -0.39 is 39.2 Å². The first-order valence-electron chi connectivity index (χ1n) is 9.20. The van der Waals surface area contributed by atoms with Crippen LogP contribution in [-0.2, 0) is 21.0 Å². The van der Waals surface area contributed by atoms with Crippen molar-refractivity contribution in [3.05, 3.63) is 59.1 Å². The summed E-state index contributed by atoms with van der Waals surface area (Å²) in [7, 11) is -4.31. The van der Waals surface area contributed by atoms with E-state index in [9.17, 15) is 26.4 Å². The molecule has 0 saturated carbocycles. The Morgan fingerprint density at radius 3 is 2.37 bits per heavy atom. The lowest BCUT2D eigenvalue weighted by Crippen LogP contribution is -2.43. The molecule has 0 aromatic heterocycles. The highest BCUT2D eigenvalue weighted by molar-refractivity contribution is 7.92. The van der Waals surface area contributed by atoms with Gasteiger partial charge in [0.15, 0.2) is 0 Å². The molecule has 0 spiro atoms. The van der Waals surface area contributed by atoms with Gasteiger partial charge in [0.2, 0.25) is 5.91 Å². The summed E-state index contributed by atoms with van der Waals surface area (Å²) in [5, 5.41) is 2.10. The number of carbonyl (C=O) groups excluding carboxylic acids is 1. The smallest absolute Gasteiger partial charge is 0.352 e. The average Bonchev–Trinajstić information content (AvgIpc) is 2.66. The second-order valence-electron chi connectivity index (χ2n) is 6.74. The van der Waals surface area contributed by atoms with E-state index in [-0.39, 0.29) is 16.6 Å². The number of anilines is 1. The molecule has 0 aliphatic heterocycles. The Labute approximate surface area is 178 Å². The Morgan fingerprint density at radius 1 is 1.17 bits per heavy atom. The number of hydrogen-bond acceptors (Lipinski definition) is 3.